The fourth-order valence-corrected chi connectivity index (χ4v) is 0. The average molecular weight is 408 g/mol. The molecule has 0 aliphatic rings. The van der Waals surface area contributed by atoms with Crippen molar-refractivity contribution in [2.75, 3.05) is 0 Å². The number of hydrogen-bond donors (Lipinski definition) is 0. The van der Waals surface area contributed by atoms with Crippen LogP contribution in [-0.2, 0) is 0 Å². The summed E-state index contributed by atoms with van der Waals surface area (Å²) in [6, 6.07) is 0. The molecule has 0 saturated heterocycles. The van der Waals surface area contributed by atoms with Crippen LogP contribution in [0.1, 0.15) is 0 Å². The van der Waals surface area contributed by atoms with Gasteiger partial charge in [0.05, 0.1) is 0 Å². The van der Waals surface area contributed by atoms with Gasteiger partial charge in [-0.25, -0.2) is 0 Å². The van der Waals surface area contributed by atoms with Gasteiger partial charge in [0, 0.05) is 0 Å². The Labute approximate surface area is 62.9 Å². The Hall–Kier alpha value is 2.67. The Morgan fingerprint density at radius 3 is 1.75 bits per heavy atom. The fourth-order valence-electron chi connectivity index (χ4n) is 0. The summed E-state index contributed by atoms with van der Waals surface area (Å²) in [6.45, 7) is 0. The van der Waals surface area contributed by atoms with E-state index in [2.05, 4.69) is 12.8 Å². The Morgan fingerprint density at radius 2 is 1.75 bits per heavy atom. The Morgan fingerprint density at radius 1 is 1.75 bits per heavy atom. The normalized spacial score (nSPS) is 4.50. The van der Waals surface area contributed by atoms with E-state index in [0.717, 1.165) is 0 Å². The van der Waals surface area contributed by atoms with Gasteiger partial charge in [0.2, 0.25) is 0 Å². The van der Waals surface area contributed by atoms with Crippen molar-refractivity contribution < 1.29 is 0 Å². The summed E-state index contributed by atoms with van der Waals surface area (Å²) < 4.78 is 0. The molecule has 0 aromatic carbocycles. The van der Waals surface area contributed by atoms with Crippen LogP contribution in [0, 0.1) is 0 Å². The van der Waals surface area contributed by atoms with Crippen molar-refractivity contribution in [2.45, 2.75) is 0 Å². The van der Waals surface area contributed by atoms with Crippen molar-refractivity contribution >= 4 is 64.1 Å². The van der Waals surface area contributed by atoms with E-state index in [1.165, 1.54) is 19.1 Å². The van der Waals surface area contributed by atoms with Gasteiger partial charge in [0.1, 0.15) is 0 Å². The van der Waals surface area contributed by atoms with E-state index in [1.807, 2.05) is 0 Å². The second-order valence-corrected chi connectivity index (χ2v) is 24.6. The standard InChI is InChI=1S/GeH4.Sb.H2SeTe.2H/c;;1-2;;/h1H4;;1-2H;;/q;+1;;;/p-1. The molecule has 0 bridgehead atoms. The molecule has 0 nitrogen and oxygen atoms in total. The molecule has 0 saturated carbocycles. The minimum atomic E-state index is 0. The van der Waals surface area contributed by atoms with Crippen molar-refractivity contribution in [1.82, 2.24) is 0 Å². The van der Waals surface area contributed by atoms with Gasteiger partial charge < -0.3 is 0 Å². The molecule has 4 heteroatoms. The third-order valence-electron chi connectivity index (χ3n) is 0. The van der Waals surface area contributed by atoms with Crippen molar-refractivity contribution in [2.24, 2.45) is 0 Å². The van der Waals surface area contributed by atoms with Crippen LogP contribution in [0.25, 0.3) is 0 Å². The number of hydrogen-bond acceptors (Lipinski definition) is 0. The quantitative estimate of drug-likeness (QED) is 0.367. The summed E-state index contributed by atoms with van der Waals surface area (Å²) in [4.78, 5) is 0. The van der Waals surface area contributed by atoms with Crippen LogP contribution in [0.15, 0.2) is 0 Å². The summed E-state index contributed by atoms with van der Waals surface area (Å²) in [5, 5.41) is 0. The molecule has 0 amide bonds. The van der Waals surface area contributed by atoms with Crippen LogP contribution in [0.4, 0.5) is 0 Å². The van der Waals surface area contributed by atoms with E-state index < -0.39 is 0 Å². The molecule has 0 N–H and O–H groups in total. The van der Waals surface area contributed by atoms with Crippen LogP contribution < -0.4 is 0 Å². The molecule has 28 valence electrons. The summed E-state index contributed by atoms with van der Waals surface area (Å²) in [6.07, 6.45) is 0. The average Bonchev–Trinajstić information content (AvgIpc) is 0.918. The zero-order chi connectivity index (χ0) is 2.71. The molecular weight excluding hydrogens is 401 g/mol. The van der Waals surface area contributed by atoms with E-state index in [4.69, 9.17) is 0 Å². The summed E-state index contributed by atoms with van der Waals surface area (Å²) in [5.74, 6) is 0. The van der Waals surface area contributed by atoms with Crippen LogP contribution in [-0.4, -0.2) is 64.1 Å². The van der Waals surface area contributed by atoms with Crippen molar-refractivity contribution in [3.8, 4) is 0 Å². The summed E-state index contributed by atoms with van der Waals surface area (Å²) >= 11 is 4.71. The molecule has 0 radical (unpaired) electrons. The molecule has 0 aromatic heterocycles. The Bertz CT molecular complexity index is 8.00. The topological polar surface area (TPSA) is 0 Å². The molecule has 0 atom stereocenters. The van der Waals surface area contributed by atoms with Crippen molar-refractivity contribution in [3.63, 3.8) is 0 Å². The van der Waals surface area contributed by atoms with Gasteiger partial charge in [0.15, 0.2) is 0 Å². The maximum atomic E-state index is 2.65. The number of rotatable bonds is 0. The molecule has 0 rings (SSSR count). The van der Waals surface area contributed by atoms with Gasteiger partial charge in [-0.2, -0.15) is 0 Å². The van der Waals surface area contributed by atoms with Gasteiger partial charge in [-0.3, -0.25) is 0 Å². The van der Waals surface area contributed by atoms with Gasteiger partial charge in [-0.15, -0.1) is 0 Å². The van der Waals surface area contributed by atoms with Gasteiger partial charge in [-0.05, 0) is 0 Å². The second-order valence-electron chi connectivity index (χ2n) is 0.105. The van der Waals surface area contributed by atoms with Gasteiger partial charge in [0.25, 0.3) is 0 Å². The third-order valence-corrected chi connectivity index (χ3v) is 0. The first-order valence-corrected chi connectivity index (χ1v) is 17.0. The van der Waals surface area contributed by atoms with Gasteiger partial charge >= 0.3 is 64.1 Å². The van der Waals surface area contributed by atoms with E-state index >= 15 is 0 Å². The van der Waals surface area contributed by atoms with Gasteiger partial charge in [-0.1, -0.05) is 0 Å². The minimum absolute atomic E-state index is 0. The van der Waals surface area contributed by atoms with E-state index in [-0.39, 0.29) is 17.6 Å². The van der Waals surface area contributed by atoms with Crippen LogP contribution in [0.3, 0.4) is 0 Å². The molecule has 0 aliphatic carbocycles. The monoisotopic (exact) mass is 412 g/mol. The zero-order valence-corrected chi connectivity index (χ0v) is 8.94. The molecule has 0 spiro atoms. The summed E-state index contributed by atoms with van der Waals surface area (Å²) in [5.41, 5.74) is 0. The van der Waals surface area contributed by atoms with E-state index in [0.29, 0.717) is 14.6 Å². The fraction of sp³-hybridized carbons (Fsp3) is 0. The Kier molecular flexibility index (Phi) is 22.6. The van der Waals surface area contributed by atoms with E-state index in [9.17, 15) is 0 Å². The van der Waals surface area contributed by atoms with Crippen LogP contribution >= 0.6 is 0 Å². The molecule has 0 aliphatic heterocycles. The first-order valence-electron chi connectivity index (χ1n) is 0.418. The second kappa shape index (κ2) is 9.18. The third kappa shape index (κ3) is 8.82. The zero-order valence-electron chi connectivity index (χ0n) is 1.43. The maximum absolute atomic E-state index is 2.65. The first kappa shape index (κ1) is 9.83. The molecule has 0 fully saturated rings. The molecular formula is H7GeSbSeTe. The van der Waals surface area contributed by atoms with Crippen LogP contribution in [0.2, 0.25) is 0 Å². The predicted octanol–water partition coefficient (Wildman–Crippen LogP) is -3.40. The molecule has 0 unspecified atom stereocenters. The Balaban J connectivity index is 0. The predicted molar refractivity (Wildman–Crippen MR) is 32.8 cm³/mol. The SMILES string of the molecule is [GeH4].[SeH][Te][SbH2]. The summed E-state index contributed by atoms with van der Waals surface area (Å²) in [7, 11) is 0. The molecule has 0 heterocycles. The first-order chi connectivity index (χ1) is 1.41. The van der Waals surface area contributed by atoms with Crippen molar-refractivity contribution in [1.29, 1.82) is 0 Å². The molecule has 0 aromatic rings. The molecule has 4 heavy (non-hydrogen) atoms. The van der Waals surface area contributed by atoms with Crippen molar-refractivity contribution in [3.05, 3.63) is 0 Å². The van der Waals surface area contributed by atoms with Crippen LogP contribution in [0.5, 0.6) is 0 Å². The van der Waals surface area contributed by atoms with E-state index in [1.54, 1.807) is 0 Å².